The van der Waals surface area contributed by atoms with E-state index in [2.05, 4.69) is 34.2 Å². The fraction of sp³-hybridized carbons (Fsp3) is 0.161. The first kappa shape index (κ1) is 22.7. The van der Waals surface area contributed by atoms with Crippen LogP contribution < -0.4 is 5.69 Å². The summed E-state index contributed by atoms with van der Waals surface area (Å²) in [5, 5.41) is 11.5. The van der Waals surface area contributed by atoms with Gasteiger partial charge in [-0.25, -0.2) is 4.79 Å². The molecule has 6 aromatic rings. The van der Waals surface area contributed by atoms with E-state index in [1.807, 2.05) is 81.6 Å². The minimum atomic E-state index is -0.611. The summed E-state index contributed by atoms with van der Waals surface area (Å²) in [6.45, 7) is 6.27. The highest BCUT2D eigenvalue weighted by Crippen LogP contribution is 2.31. The molecule has 6 nitrogen and oxygen atoms in total. The number of benzene rings is 3. The quantitative estimate of drug-likeness (QED) is 0.292. The Balaban J connectivity index is 1.61. The summed E-state index contributed by atoms with van der Waals surface area (Å²) >= 11 is 0. The van der Waals surface area contributed by atoms with Crippen molar-refractivity contribution in [3.63, 3.8) is 0 Å². The number of rotatable bonds is 4. The number of fused-ring (bicyclic) bond motifs is 4. The SMILES string of the molecule is CCn1c(=O)n(-c2ccc(C(C)(C)C#N)cc2)c2c3cc(-c4cnc5ccccc5c4)ccc3ncc21. The molecule has 0 aliphatic rings. The fourth-order valence-corrected chi connectivity index (χ4v) is 4.97. The Kier molecular flexibility index (Phi) is 5.16. The zero-order valence-corrected chi connectivity index (χ0v) is 20.9. The summed E-state index contributed by atoms with van der Waals surface area (Å²) in [5.41, 5.74) is 6.32. The molecule has 0 fully saturated rings. The number of nitrogens with zero attached hydrogens (tertiary/aromatic N) is 5. The van der Waals surface area contributed by atoms with Gasteiger partial charge in [0.05, 0.1) is 45.4 Å². The van der Waals surface area contributed by atoms with Gasteiger partial charge < -0.3 is 0 Å². The molecule has 0 saturated heterocycles. The zero-order chi connectivity index (χ0) is 25.7. The van der Waals surface area contributed by atoms with E-state index in [1.165, 1.54) is 0 Å². The summed E-state index contributed by atoms with van der Waals surface area (Å²) in [6.07, 6.45) is 3.67. The molecule has 0 bridgehead atoms. The summed E-state index contributed by atoms with van der Waals surface area (Å²) in [5.74, 6) is 0. The van der Waals surface area contributed by atoms with E-state index in [-0.39, 0.29) is 5.69 Å². The predicted octanol–water partition coefficient (Wildman–Crippen LogP) is 6.38. The van der Waals surface area contributed by atoms with Gasteiger partial charge in [-0.3, -0.25) is 19.1 Å². The lowest BCUT2D eigenvalue weighted by Crippen LogP contribution is -2.22. The van der Waals surface area contributed by atoms with Gasteiger partial charge in [-0.05, 0) is 68.3 Å². The van der Waals surface area contributed by atoms with Crippen LogP contribution in [0.1, 0.15) is 26.3 Å². The Morgan fingerprint density at radius 2 is 1.65 bits per heavy atom. The number of nitriles is 1. The summed E-state index contributed by atoms with van der Waals surface area (Å²) in [7, 11) is 0. The lowest BCUT2D eigenvalue weighted by molar-refractivity contribution is 0.686. The second kappa shape index (κ2) is 8.42. The van der Waals surface area contributed by atoms with Crippen molar-refractivity contribution in [1.29, 1.82) is 5.26 Å². The zero-order valence-electron chi connectivity index (χ0n) is 20.9. The number of para-hydroxylation sites is 1. The van der Waals surface area contributed by atoms with E-state index in [4.69, 9.17) is 0 Å². The molecule has 0 N–H and O–H groups in total. The van der Waals surface area contributed by atoms with E-state index in [0.717, 1.165) is 55.2 Å². The largest absolute Gasteiger partial charge is 0.333 e. The maximum absolute atomic E-state index is 13.6. The van der Waals surface area contributed by atoms with Crippen LogP contribution in [0.2, 0.25) is 0 Å². The summed E-state index contributed by atoms with van der Waals surface area (Å²) in [4.78, 5) is 23.0. The number of hydrogen-bond donors (Lipinski definition) is 0. The van der Waals surface area contributed by atoms with Crippen molar-refractivity contribution in [1.82, 2.24) is 19.1 Å². The minimum Gasteiger partial charge on any atom is -0.290 e. The van der Waals surface area contributed by atoms with Gasteiger partial charge in [-0.2, -0.15) is 5.26 Å². The van der Waals surface area contributed by atoms with Crippen molar-refractivity contribution in [2.45, 2.75) is 32.7 Å². The maximum atomic E-state index is 13.6. The second-order valence-corrected chi connectivity index (χ2v) is 9.79. The van der Waals surface area contributed by atoms with Crippen LogP contribution in [0.3, 0.4) is 0 Å². The highest BCUT2D eigenvalue weighted by molar-refractivity contribution is 6.05. The van der Waals surface area contributed by atoms with E-state index in [9.17, 15) is 10.1 Å². The molecular weight excluding hydrogens is 458 g/mol. The molecule has 6 rings (SSSR count). The van der Waals surface area contributed by atoms with Gasteiger partial charge in [0.1, 0.15) is 0 Å². The molecule has 0 spiro atoms. The molecular formula is C31H25N5O. The van der Waals surface area contributed by atoms with Gasteiger partial charge in [-0.15, -0.1) is 0 Å². The van der Waals surface area contributed by atoms with Crippen LogP contribution in [0.15, 0.2) is 90.0 Å². The first-order valence-corrected chi connectivity index (χ1v) is 12.3. The molecule has 0 aliphatic carbocycles. The Hall–Kier alpha value is -4.76. The van der Waals surface area contributed by atoms with E-state index < -0.39 is 5.41 Å². The molecule has 0 aliphatic heterocycles. The van der Waals surface area contributed by atoms with Crippen molar-refractivity contribution < 1.29 is 0 Å². The van der Waals surface area contributed by atoms with E-state index >= 15 is 0 Å². The first-order chi connectivity index (χ1) is 17.9. The molecule has 0 amide bonds. The van der Waals surface area contributed by atoms with Crippen molar-refractivity contribution in [2.24, 2.45) is 0 Å². The van der Waals surface area contributed by atoms with E-state index in [0.29, 0.717) is 6.54 Å². The number of aryl methyl sites for hydroxylation is 1. The third kappa shape index (κ3) is 3.59. The Labute approximate surface area is 214 Å². The molecule has 3 aromatic heterocycles. The summed E-state index contributed by atoms with van der Waals surface area (Å²) in [6, 6.07) is 26.4. The molecule has 0 radical (unpaired) electrons. The van der Waals surface area contributed by atoms with Crippen LogP contribution in [0.4, 0.5) is 0 Å². The molecule has 3 aromatic carbocycles. The third-order valence-electron chi connectivity index (χ3n) is 7.12. The smallest absolute Gasteiger partial charge is 0.290 e. The van der Waals surface area contributed by atoms with Crippen molar-refractivity contribution >= 4 is 32.8 Å². The lowest BCUT2D eigenvalue weighted by atomic mass is 9.86. The van der Waals surface area contributed by atoms with E-state index in [1.54, 1.807) is 15.3 Å². The monoisotopic (exact) mass is 483 g/mol. The minimum absolute atomic E-state index is 0.114. The molecule has 37 heavy (non-hydrogen) atoms. The summed E-state index contributed by atoms with van der Waals surface area (Å²) < 4.78 is 3.51. The topological polar surface area (TPSA) is 76.5 Å². The average molecular weight is 484 g/mol. The number of imidazole rings is 1. The van der Waals surface area contributed by atoms with Gasteiger partial charge >= 0.3 is 5.69 Å². The molecule has 0 atom stereocenters. The van der Waals surface area contributed by atoms with Crippen LogP contribution >= 0.6 is 0 Å². The first-order valence-electron chi connectivity index (χ1n) is 12.3. The van der Waals surface area contributed by atoms with Crippen LogP contribution in [0, 0.1) is 11.3 Å². The molecule has 0 saturated carbocycles. The maximum Gasteiger partial charge on any atom is 0.333 e. The highest BCUT2D eigenvalue weighted by atomic mass is 16.1. The van der Waals surface area contributed by atoms with Crippen LogP contribution in [-0.2, 0) is 12.0 Å². The standard InChI is InChI=1S/C31H25N5O/c1-4-35-28-18-34-27-14-9-20(22-15-21-7-5-6-8-26(21)33-17-22)16-25(27)29(28)36(30(35)37)24-12-10-23(11-13-24)31(2,3)19-32/h5-18H,4H2,1-3H3. The van der Waals surface area contributed by atoms with Gasteiger partial charge in [0.15, 0.2) is 0 Å². The molecule has 0 unspecified atom stereocenters. The Morgan fingerprint density at radius 3 is 2.41 bits per heavy atom. The lowest BCUT2D eigenvalue weighted by Gasteiger charge is -2.16. The van der Waals surface area contributed by atoms with Gasteiger partial charge in [0, 0.05) is 29.1 Å². The Bertz CT molecular complexity index is 1920. The average Bonchev–Trinajstić information content (AvgIpc) is 3.23. The molecule has 3 heterocycles. The van der Waals surface area contributed by atoms with Gasteiger partial charge in [-0.1, -0.05) is 36.4 Å². The Morgan fingerprint density at radius 1 is 0.892 bits per heavy atom. The highest BCUT2D eigenvalue weighted by Gasteiger charge is 2.21. The van der Waals surface area contributed by atoms with Crippen molar-refractivity contribution in [3.8, 4) is 22.9 Å². The predicted molar refractivity (Wildman–Crippen MR) is 148 cm³/mol. The second-order valence-electron chi connectivity index (χ2n) is 9.79. The molecule has 6 heteroatoms. The number of aromatic nitrogens is 4. The number of pyridine rings is 2. The van der Waals surface area contributed by atoms with Gasteiger partial charge in [0.2, 0.25) is 0 Å². The van der Waals surface area contributed by atoms with Gasteiger partial charge in [0.25, 0.3) is 0 Å². The molecule has 180 valence electrons. The fourth-order valence-electron chi connectivity index (χ4n) is 4.97. The number of hydrogen-bond acceptors (Lipinski definition) is 4. The van der Waals surface area contributed by atoms with Crippen LogP contribution in [0.25, 0.3) is 49.7 Å². The normalized spacial score (nSPS) is 11.8. The third-order valence-corrected chi connectivity index (χ3v) is 7.12. The van der Waals surface area contributed by atoms with Crippen molar-refractivity contribution in [3.05, 3.63) is 101 Å². The van der Waals surface area contributed by atoms with Crippen LogP contribution in [0.5, 0.6) is 0 Å². The van der Waals surface area contributed by atoms with Crippen molar-refractivity contribution in [2.75, 3.05) is 0 Å². The van der Waals surface area contributed by atoms with Crippen LogP contribution in [-0.4, -0.2) is 19.1 Å².